The number of halogens is 3. The second kappa shape index (κ2) is 4.60. The van der Waals surface area contributed by atoms with E-state index in [0.29, 0.717) is 0 Å². The molecule has 1 rings (SSSR count). The van der Waals surface area contributed by atoms with Gasteiger partial charge in [-0.15, -0.1) is 0 Å². The van der Waals surface area contributed by atoms with Gasteiger partial charge in [0.15, 0.2) is 5.69 Å². The van der Waals surface area contributed by atoms with E-state index in [9.17, 15) is 18.0 Å². The Labute approximate surface area is 101 Å². The Bertz CT molecular complexity index is 440. The number of carboxylic acid groups (broad SMARTS) is 1. The van der Waals surface area contributed by atoms with Crippen molar-refractivity contribution in [2.75, 3.05) is 0 Å². The van der Waals surface area contributed by atoms with E-state index in [2.05, 4.69) is 5.10 Å². The number of carboxylic acids is 1. The zero-order valence-corrected chi connectivity index (χ0v) is 9.90. The van der Waals surface area contributed by atoms with Crippen LogP contribution < -0.4 is 5.73 Å². The third kappa shape index (κ3) is 3.22. The maximum absolute atomic E-state index is 12.3. The number of nitrogens with zero attached hydrogens (tertiary/aromatic N) is 2. The van der Waals surface area contributed by atoms with E-state index in [1.807, 2.05) is 0 Å². The molecular weight excluding hydrogens is 251 g/mol. The van der Waals surface area contributed by atoms with Crippen LogP contribution in [0.15, 0.2) is 12.3 Å². The van der Waals surface area contributed by atoms with Crippen molar-refractivity contribution in [3.63, 3.8) is 0 Å². The number of aromatic nitrogens is 2. The molecule has 0 aliphatic carbocycles. The van der Waals surface area contributed by atoms with Crippen LogP contribution >= 0.6 is 0 Å². The Morgan fingerprint density at radius 1 is 1.61 bits per heavy atom. The van der Waals surface area contributed by atoms with Crippen molar-refractivity contribution in [3.8, 4) is 0 Å². The fourth-order valence-electron chi connectivity index (χ4n) is 1.53. The van der Waals surface area contributed by atoms with Crippen molar-refractivity contribution in [3.05, 3.63) is 18.0 Å². The van der Waals surface area contributed by atoms with Crippen LogP contribution in [0, 0.1) is 0 Å². The lowest BCUT2D eigenvalue weighted by molar-refractivity contribution is -0.144. The number of carbonyl (C=O) groups is 1. The first kappa shape index (κ1) is 14.5. The van der Waals surface area contributed by atoms with Crippen LogP contribution in [-0.2, 0) is 11.0 Å². The molecular formula is C10H14F3N3O2. The maximum atomic E-state index is 12.3. The second-order valence-corrected chi connectivity index (χ2v) is 4.45. The minimum Gasteiger partial charge on any atom is -0.480 e. The van der Waals surface area contributed by atoms with Crippen LogP contribution in [0.4, 0.5) is 13.2 Å². The van der Waals surface area contributed by atoms with Crippen molar-refractivity contribution in [1.82, 2.24) is 9.78 Å². The van der Waals surface area contributed by atoms with Crippen molar-refractivity contribution in [1.29, 1.82) is 0 Å². The molecule has 0 saturated heterocycles. The standard InChI is InChI=1S/C10H14F3N3O2/c1-6(5-9(2,14)8(17)18)16-4-3-7(15-16)10(11,12)13/h3-4,6H,5,14H2,1-2H3,(H,17,18). The maximum Gasteiger partial charge on any atom is 0.435 e. The summed E-state index contributed by atoms with van der Waals surface area (Å²) in [7, 11) is 0. The summed E-state index contributed by atoms with van der Waals surface area (Å²) < 4.78 is 38.1. The van der Waals surface area contributed by atoms with Crippen LogP contribution in [-0.4, -0.2) is 26.4 Å². The average molecular weight is 265 g/mol. The minimum absolute atomic E-state index is 0.0265. The first-order valence-corrected chi connectivity index (χ1v) is 5.18. The van der Waals surface area contributed by atoms with Crippen LogP contribution in [0.3, 0.4) is 0 Å². The summed E-state index contributed by atoms with van der Waals surface area (Å²) in [4.78, 5) is 10.8. The molecule has 1 aromatic rings. The van der Waals surface area contributed by atoms with Gasteiger partial charge in [0, 0.05) is 6.20 Å². The molecule has 1 heterocycles. The van der Waals surface area contributed by atoms with Crippen molar-refractivity contribution < 1.29 is 23.1 Å². The molecule has 2 unspecified atom stereocenters. The van der Waals surface area contributed by atoms with Gasteiger partial charge >= 0.3 is 12.1 Å². The largest absolute Gasteiger partial charge is 0.480 e. The van der Waals surface area contributed by atoms with Gasteiger partial charge in [-0.2, -0.15) is 18.3 Å². The van der Waals surface area contributed by atoms with E-state index in [1.165, 1.54) is 6.92 Å². The van der Waals surface area contributed by atoms with Crippen LogP contribution in [0.5, 0.6) is 0 Å². The van der Waals surface area contributed by atoms with Gasteiger partial charge in [-0.1, -0.05) is 0 Å². The summed E-state index contributed by atoms with van der Waals surface area (Å²) >= 11 is 0. The lowest BCUT2D eigenvalue weighted by atomic mass is 9.95. The van der Waals surface area contributed by atoms with Gasteiger partial charge in [-0.25, -0.2) is 0 Å². The smallest absolute Gasteiger partial charge is 0.435 e. The SMILES string of the molecule is CC(CC(C)(N)C(=O)O)n1ccc(C(F)(F)F)n1. The number of aliphatic carboxylic acids is 1. The number of rotatable bonds is 4. The molecule has 0 bridgehead atoms. The highest BCUT2D eigenvalue weighted by atomic mass is 19.4. The molecule has 0 saturated carbocycles. The number of hydrogen-bond acceptors (Lipinski definition) is 3. The van der Waals surface area contributed by atoms with E-state index in [-0.39, 0.29) is 6.42 Å². The molecule has 0 aliphatic rings. The molecule has 0 spiro atoms. The van der Waals surface area contributed by atoms with Crippen LogP contribution in [0.25, 0.3) is 0 Å². The van der Waals surface area contributed by atoms with Gasteiger partial charge in [0.1, 0.15) is 5.54 Å². The monoisotopic (exact) mass is 265 g/mol. The fraction of sp³-hybridized carbons (Fsp3) is 0.600. The number of nitrogens with two attached hydrogens (primary N) is 1. The summed E-state index contributed by atoms with van der Waals surface area (Å²) in [6, 6.07) is 0.290. The topological polar surface area (TPSA) is 81.1 Å². The van der Waals surface area contributed by atoms with E-state index in [1.54, 1.807) is 6.92 Å². The highest BCUT2D eigenvalue weighted by molar-refractivity contribution is 5.77. The predicted molar refractivity (Wildman–Crippen MR) is 56.8 cm³/mol. The van der Waals surface area contributed by atoms with Gasteiger partial charge in [0.25, 0.3) is 0 Å². The predicted octanol–water partition coefficient (Wildman–Crippen LogP) is 1.65. The van der Waals surface area contributed by atoms with Gasteiger partial charge in [-0.3, -0.25) is 9.48 Å². The van der Waals surface area contributed by atoms with Crippen molar-refractivity contribution in [2.45, 2.75) is 38.0 Å². The Hall–Kier alpha value is -1.57. The van der Waals surface area contributed by atoms with Gasteiger partial charge in [-0.05, 0) is 26.3 Å². The molecule has 18 heavy (non-hydrogen) atoms. The Morgan fingerprint density at radius 3 is 2.56 bits per heavy atom. The summed E-state index contributed by atoms with van der Waals surface area (Å²) in [6.07, 6.45) is -3.38. The Morgan fingerprint density at radius 2 is 2.17 bits per heavy atom. The average Bonchev–Trinajstić information content (AvgIpc) is 2.64. The van der Waals surface area contributed by atoms with Crippen LogP contribution in [0.2, 0.25) is 0 Å². The summed E-state index contributed by atoms with van der Waals surface area (Å²) in [6.45, 7) is 2.86. The van der Waals surface area contributed by atoms with E-state index >= 15 is 0 Å². The molecule has 0 fully saturated rings. The second-order valence-electron chi connectivity index (χ2n) is 4.45. The Balaban J connectivity index is 2.83. The molecule has 0 radical (unpaired) electrons. The normalized spacial score (nSPS) is 17.2. The summed E-state index contributed by atoms with van der Waals surface area (Å²) in [5.74, 6) is -1.21. The lowest BCUT2D eigenvalue weighted by Gasteiger charge is -2.23. The molecule has 8 heteroatoms. The fourth-order valence-corrected chi connectivity index (χ4v) is 1.53. The molecule has 5 nitrogen and oxygen atoms in total. The minimum atomic E-state index is -4.51. The number of hydrogen-bond donors (Lipinski definition) is 2. The quantitative estimate of drug-likeness (QED) is 0.867. The highest BCUT2D eigenvalue weighted by Crippen LogP contribution is 2.28. The third-order valence-electron chi connectivity index (χ3n) is 2.56. The lowest BCUT2D eigenvalue weighted by Crippen LogP contribution is -2.46. The zero-order valence-electron chi connectivity index (χ0n) is 9.90. The van der Waals surface area contributed by atoms with Crippen molar-refractivity contribution >= 4 is 5.97 Å². The van der Waals surface area contributed by atoms with Crippen LogP contribution in [0.1, 0.15) is 32.0 Å². The molecule has 0 amide bonds. The molecule has 102 valence electrons. The third-order valence-corrected chi connectivity index (χ3v) is 2.56. The Kier molecular flexibility index (Phi) is 3.70. The van der Waals surface area contributed by atoms with E-state index < -0.39 is 29.4 Å². The number of alkyl halides is 3. The van der Waals surface area contributed by atoms with E-state index in [0.717, 1.165) is 16.9 Å². The van der Waals surface area contributed by atoms with Crippen molar-refractivity contribution in [2.24, 2.45) is 5.73 Å². The van der Waals surface area contributed by atoms with Gasteiger partial charge in [0.2, 0.25) is 0 Å². The molecule has 0 aromatic carbocycles. The molecule has 0 aliphatic heterocycles. The first-order valence-electron chi connectivity index (χ1n) is 5.18. The van der Waals surface area contributed by atoms with E-state index in [4.69, 9.17) is 10.8 Å². The first-order chi connectivity index (χ1) is 8.04. The highest BCUT2D eigenvalue weighted by Gasteiger charge is 2.35. The molecule has 2 atom stereocenters. The zero-order chi connectivity index (χ0) is 14.1. The summed E-state index contributed by atoms with van der Waals surface area (Å²) in [5.41, 5.74) is 3.01. The van der Waals surface area contributed by atoms with Gasteiger partial charge in [0.05, 0.1) is 6.04 Å². The van der Waals surface area contributed by atoms with Gasteiger partial charge < -0.3 is 10.8 Å². The molecule has 3 N–H and O–H groups in total. The summed E-state index contributed by atoms with van der Waals surface area (Å²) in [5, 5.41) is 12.2. The molecule has 1 aromatic heterocycles.